The van der Waals surface area contributed by atoms with Crippen LogP contribution in [-0.2, 0) is 17.8 Å². The Labute approximate surface area is 159 Å². The number of hydrogen-bond donors (Lipinski definition) is 1. The molecular weight excluding hydrogens is 372 g/mol. The Balaban J connectivity index is 1.95. The van der Waals surface area contributed by atoms with Crippen molar-refractivity contribution < 1.29 is 13.3 Å². The molecule has 1 atom stereocenters. The molecule has 0 radical (unpaired) electrons. The highest BCUT2D eigenvalue weighted by Crippen LogP contribution is 2.39. The highest BCUT2D eigenvalue weighted by molar-refractivity contribution is 7.90. The van der Waals surface area contributed by atoms with Gasteiger partial charge in [-0.1, -0.05) is 18.2 Å². The second-order valence-corrected chi connectivity index (χ2v) is 10.3. The fraction of sp³-hybridized carbons (Fsp3) is 0.300. The van der Waals surface area contributed by atoms with Crippen molar-refractivity contribution in [1.82, 2.24) is 4.72 Å². The van der Waals surface area contributed by atoms with Gasteiger partial charge in [0.2, 0.25) is 0 Å². The third-order valence-corrected chi connectivity index (χ3v) is 6.77. The molecule has 0 saturated heterocycles. The Morgan fingerprint density at radius 1 is 1.08 bits per heavy atom. The highest BCUT2D eigenvalue weighted by atomic mass is 32.2. The molecule has 0 spiro atoms. The fourth-order valence-electron chi connectivity index (χ4n) is 2.76. The number of benzene rings is 2. The van der Waals surface area contributed by atoms with Crippen molar-refractivity contribution in [2.24, 2.45) is 0 Å². The van der Waals surface area contributed by atoms with Crippen LogP contribution in [0, 0.1) is 11.6 Å². The monoisotopic (exact) mass is 393 g/mol. The summed E-state index contributed by atoms with van der Waals surface area (Å²) >= 11 is 0.453. The molecular formula is C20H21F2NOS2. The van der Waals surface area contributed by atoms with E-state index >= 15 is 0 Å². The summed E-state index contributed by atoms with van der Waals surface area (Å²) in [6.07, 6.45) is 0.634. The van der Waals surface area contributed by atoms with Crippen molar-refractivity contribution in [3.8, 4) is 11.1 Å². The number of hydrogen-bond acceptors (Lipinski definition) is 3. The van der Waals surface area contributed by atoms with E-state index in [0.29, 0.717) is 18.5 Å². The first kappa shape index (κ1) is 19.3. The minimum Gasteiger partial charge on any atom is -0.598 e. The van der Waals surface area contributed by atoms with E-state index in [9.17, 15) is 13.3 Å². The molecule has 1 heterocycles. The van der Waals surface area contributed by atoms with Gasteiger partial charge in [-0.25, -0.2) is 8.78 Å². The van der Waals surface area contributed by atoms with Crippen LogP contribution in [0.1, 0.15) is 25.6 Å². The summed E-state index contributed by atoms with van der Waals surface area (Å²) in [6, 6.07) is 11.4. The van der Waals surface area contributed by atoms with Crippen molar-refractivity contribution in [2.75, 3.05) is 6.54 Å². The lowest BCUT2D eigenvalue weighted by atomic mass is 10.0. The van der Waals surface area contributed by atoms with E-state index in [1.807, 2.05) is 45.0 Å². The fourth-order valence-corrected chi connectivity index (χ4v) is 4.71. The van der Waals surface area contributed by atoms with E-state index in [1.165, 1.54) is 12.1 Å². The van der Waals surface area contributed by atoms with Crippen LogP contribution in [-0.4, -0.2) is 15.8 Å². The number of halogens is 2. The Morgan fingerprint density at radius 2 is 1.73 bits per heavy atom. The van der Waals surface area contributed by atoms with Crippen molar-refractivity contribution in [2.45, 2.75) is 31.9 Å². The Kier molecular flexibility index (Phi) is 5.67. The van der Waals surface area contributed by atoms with E-state index < -0.39 is 23.0 Å². The normalized spacial score (nSPS) is 13.3. The van der Waals surface area contributed by atoms with Crippen LogP contribution in [0.5, 0.6) is 0 Å². The molecule has 0 aliphatic rings. The molecule has 138 valence electrons. The predicted octanol–water partition coefficient (Wildman–Crippen LogP) is 5.44. The van der Waals surface area contributed by atoms with E-state index in [-0.39, 0.29) is 4.75 Å². The zero-order chi connectivity index (χ0) is 18.9. The van der Waals surface area contributed by atoms with Crippen LogP contribution in [0.3, 0.4) is 0 Å². The first-order valence-corrected chi connectivity index (χ1v) is 10.3. The van der Waals surface area contributed by atoms with Gasteiger partial charge in [-0.2, -0.15) is 0 Å². The van der Waals surface area contributed by atoms with Crippen molar-refractivity contribution in [1.29, 1.82) is 0 Å². The zero-order valence-electron chi connectivity index (χ0n) is 14.9. The number of fused-ring (bicyclic) bond motifs is 1. The van der Waals surface area contributed by atoms with Gasteiger partial charge in [-0.05, 0) is 51.0 Å². The maximum absolute atomic E-state index is 13.8. The number of nitrogens with one attached hydrogen (secondary N) is 1. The van der Waals surface area contributed by atoms with Gasteiger partial charge in [0, 0.05) is 44.5 Å². The lowest BCUT2D eigenvalue weighted by molar-refractivity contribution is 0.544. The number of rotatable bonds is 5. The molecule has 0 amide bonds. The van der Waals surface area contributed by atoms with Crippen molar-refractivity contribution >= 4 is 32.8 Å². The van der Waals surface area contributed by atoms with Crippen LogP contribution in [0.25, 0.3) is 21.2 Å². The van der Waals surface area contributed by atoms with Gasteiger partial charge < -0.3 is 4.55 Å². The lowest BCUT2D eigenvalue weighted by Gasteiger charge is -2.23. The SMILES string of the molecule is CC(C)(C)[S+]([O-])NCCc1sc2ccccc2c1-c1cc(F)cc(F)c1. The van der Waals surface area contributed by atoms with E-state index in [0.717, 1.165) is 26.6 Å². The summed E-state index contributed by atoms with van der Waals surface area (Å²) in [7, 11) is 0. The molecule has 6 heteroatoms. The molecule has 1 aromatic heterocycles. The molecule has 2 nitrogen and oxygen atoms in total. The predicted molar refractivity (Wildman–Crippen MR) is 107 cm³/mol. The van der Waals surface area contributed by atoms with Gasteiger partial charge in [0.15, 0.2) is 0 Å². The van der Waals surface area contributed by atoms with Gasteiger partial charge in [0.05, 0.1) is 0 Å². The molecule has 3 aromatic rings. The smallest absolute Gasteiger partial charge is 0.136 e. The summed E-state index contributed by atoms with van der Waals surface area (Å²) in [6.45, 7) is 6.27. The molecule has 0 saturated carbocycles. The molecule has 0 aliphatic heterocycles. The second kappa shape index (κ2) is 7.64. The Bertz CT molecular complexity index is 898. The lowest BCUT2D eigenvalue weighted by Crippen LogP contribution is -2.40. The van der Waals surface area contributed by atoms with Gasteiger partial charge >= 0.3 is 0 Å². The quantitative estimate of drug-likeness (QED) is 0.586. The van der Waals surface area contributed by atoms with Crippen molar-refractivity contribution in [3.63, 3.8) is 0 Å². The van der Waals surface area contributed by atoms with E-state index in [4.69, 9.17) is 0 Å². The summed E-state index contributed by atoms with van der Waals surface area (Å²) in [5.41, 5.74) is 1.39. The minimum atomic E-state index is -1.15. The molecule has 1 N–H and O–H groups in total. The average Bonchev–Trinajstić information content (AvgIpc) is 2.91. The third-order valence-electron chi connectivity index (χ3n) is 3.96. The largest absolute Gasteiger partial charge is 0.598 e. The molecule has 1 unspecified atom stereocenters. The third kappa shape index (κ3) is 4.26. The number of thiophene rings is 1. The summed E-state index contributed by atoms with van der Waals surface area (Å²) < 4.78 is 43.5. The van der Waals surface area contributed by atoms with E-state index in [2.05, 4.69) is 4.72 Å². The van der Waals surface area contributed by atoms with Crippen LogP contribution in [0.2, 0.25) is 0 Å². The standard InChI is InChI=1S/C20H21F2NOS2/c1-20(2,3)26(24)23-9-8-18-19(13-10-14(21)12-15(22)11-13)16-6-4-5-7-17(16)25-18/h4-7,10-12,23H,8-9H2,1-3H3. The molecule has 0 bridgehead atoms. The molecule has 0 fully saturated rings. The van der Waals surface area contributed by atoms with Gasteiger partial charge in [0.25, 0.3) is 0 Å². The zero-order valence-corrected chi connectivity index (χ0v) is 16.6. The van der Waals surface area contributed by atoms with E-state index in [1.54, 1.807) is 11.3 Å². The first-order valence-electron chi connectivity index (χ1n) is 8.38. The summed E-state index contributed by atoms with van der Waals surface area (Å²) in [4.78, 5) is 1.02. The average molecular weight is 394 g/mol. The first-order chi connectivity index (χ1) is 12.3. The second-order valence-electron chi connectivity index (χ2n) is 7.08. The Hall–Kier alpha value is -1.47. The molecule has 0 aliphatic carbocycles. The maximum Gasteiger partial charge on any atom is 0.136 e. The molecule has 26 heavy (non-hydrogen) atoms. The summed E-state index contributed by atoms with van der Waals surface area (Å²) in [5, 5.41) is 0.981. The minimum absolute atomic E-state index is 0.339. The van der Waals surface area contributed by atoms with Crippen LogP contribution in [0.15, 0.2) is 42.5 Å². The van der Waals surface area contributed by atoms with Crippen LogP contribution in [0.4, 0.5) is 8.78 Å². The summed E-state index contributed by atoms with van der Waals surface area (Å²) in [5.74, 6) is -1.18. The Morgan fingerprint density at radius 3 is 2.38 bits per heavy atom. The van der Waals surface area contributed by atoms with Crippen molar-refractivity contribution in [3.05, 3.63) is 59.0 Å². The maximum atomic E-state index is 13.8. The van der Waals surface area contributed by atoms with Gasteiger partial charge in [-0.3, -0.25) is 0 Å². The topological polar surface area (TPSA) is 35.1 Å². The molecule has 2 aromatic carbocycles. The highest BCUT2D eigenvalue weighted by Gasteiger charge is 2.26. The van der Waals surface area contributed by atoms with Gasteiger partial charge in [0.1, 0.15) is 16.4 Å². The van der Waals surface area contributed by atoms with Gasteiger partial charge in [-0.15, -0.1) is 16.1 Å². The van der Waals surface area contributed by atoms with Crippen LogP contribution >= 0.6 is 11.3 Å². The molecule has 3 rings (SSSR count). The van der Waals surface area contributed by atoms with Crippen LogP contribution < -0.4 is 4.72 Å².